The minimum Gasteiger partial charge on any atom is -0.593 e. The molecule has 1 aromatic carbocycles. The summed E-state index contributed by atoms with van der Waals surface area (Å²) < 4.78 is 43.0. The summed E-state index contributed by atoms with van der Waals surface area (Å²) in [5.41, 5.74) is 0.769. The van der Waals surface area contributed by atoms with E-state index in [1.54, 1.807) is 18.2 Å². The first kappa shape index (κ1) is 28.3. The van der Waals surface area contributed by atoms with Crippen LogP contribution in [0.25, 0.3) is 6.08 Å². The SMILES string of the molecule is Cc1cc([S+]([O-])NCCN(C)C)ccc1/C=C/S(=O)(=O)N1CCC2(CC1)N=C(C1CCCCC1)NC2=O. The standard InChI is InChI=1S/C26H39N5O4S2/c1-20-19-23(36(33)27-14-17-30(2)3)10-9-21(20)11-18-37(34,35)31-15-12-26(13-16-31)25(32)28-24(29-26)22-7-5-4-6-8-22/h9-11,18-19,22,27H,4-8,12-17H2,1-3H3,(H,28,29,32)/b18-11+. The van der Waals surface area contributed by atoms with Gasteiger partial charge in [-0.25, -0.2) is 8.42 Å². The van der Waals surface area contributed by atoms with E-state index >= 15 is 0 Å². The van der Waals surface area contributed by atoms with Gasteiger partial charge in [0, 0.05) is 31.0 Å². The van der Waals surface area contributed by atoms with E-state index in [-0.39, 0.29) is 19.0 Å². The number of piperidine rings is 1. The molecule has 11 heteroatoms. The summed E-state index contributed by atoms with van der Waals surface area (Å²) in [6.07, 6.45) is 8.05. The number of sulfonamides is 1. The van der Waals surface area contributed by atoms with Crippen molar-refractivity contribution >= 4 is 39.2 Å². The number of aryl methyl sites for hydroxylation is 1. The van der Waals surface area contributed by atoms with Crippen molar-refractivity contribution in [1.82, 2.24) is 19.2 Å². The number of rotatable bonds is 9. The molecule has 1 spiro atoms. The number of benzene rings is 1. The average molecular weight is 550 g/mol. The van der Waals surface area contributed by atoms with Gasteiger partial charge in [-0.1, -0.05) is 19.3 Å². The van der Waals surface area contributed by atoms with Crippen LogP contribution >= 0.6 is 0 Å². The van der Waals surface area contributed by atoms with Gasteiger partial charge < -0.3 is 14.8 Å². The zero-order chi connectivity index (χ0) is 26.6. The summed E-state index contributed by atoms with van der Waals surface area (Å²) in [4.78, 5) is 20.3. The summed E-state index contributed by atoms with van der Waals surface area (Å²) in [7, 11) is 0.268. The minimum absolute atomic E-state index is 0.0787. The molecule has 3 aliphatic rings. The third-order valence-electron chi connectivity index (χ3n) is 7.57. The summed E-state index contributed by atoms with van der Waals surface area (Å²) in [6, 6.07) is 5.36. The number of likely N-dealkylation sites (N-methyl/N-ethyl adjacent to an activating group) is 1. The Kier molecular flexibility index (Phi) is 9.13. The van der Waals surface area contributed by atoms with Gasteiger partial charge in [-0.3, -0.25) is 9.79 Å². The molecule has 1 amide bonds. The highest BCUT2D eigenvalue weighted by Crippen LogP contribution is 2.35. The Morgan fingerprint density at radius 2 is 1.95 bits per heavy atom. The van der Waals surface area contributed by atoms with Gasteiger partial charge in [-0.15, -0.1) is 4.72 Å². The van der Waals surface area contributed by atoms with Gasteiger partial charge in [0.05, 0.1) is 17.9 Å². The smallest absolute Gasteiger partial charge is 0.253 e. The quantitative estimate of drug-likeness (QED) is 0.457. The molecular weight excluding hydrogens is 510 g/mol. The molecule has 2 fully saturated rings. The molecule has 1 aromatic rings. The summed E-state index contributed by atoms with van der Waals surface area (Å²) >= 11 is -1.33. The fourth-order valence-electron chi connectivity index (χ4n) is 5.20. The fraction of sp³-hybridized carbons (Fsp3) is 0.615. The molecule has 1 aliphatic carbocycles. The van der Waals surface area contributed by atoms with E-state index in [0.29, 0.717) is 30.2 Å². The summed E-state index contributed by atoms with van der Waals surface area (Å²) in [6.45, 7) is 3.77. The largest absolute Gasteiger partial charge is 0.593 e. The lowest BCUT2D eigenvalue weighted by Gasteiger charge is -2.34. The van der Waals surface area contributed by atoms with E-state index in [4.69, 9.17) is 4.99 Å². The Morgan fingerprint density at radius 3 is 2.59 bits per heavy atom. The van der Waals surface area contributed by atoms with Crippen molar-refractivity contribution < 1.29 is 17.8 Å². The van der Waals surface area contributed by atoms with Crippen LogP contribution in [0.4, 0.5) is 0 Å². The molecule has 0 radical (unpaired) electrons. The number of nitrogens with one attached hydrogen (secondary N) is 2. The van der Waals surface area contributed by atoms with Gasteiger partial charge in [-0.05, 0) is 82.1 Å². The second-order valence-electron chi connectivity index (χ2n) is 10.5. The molecule has 1 saturated carbocycles. The normalized spacial score (nSPS) is 22.1. The third kappa shape index (κ3) is 6.82. The highest BCUT2D eigenvalue weighted by atomic mass is 32.2. The molecule has 1 saturated heterocycles. The Labute approximate surface area is 224 Å². The summed E-state index contributed by atoms with van der Waals surface area (Å²) in [5.74, 6) is 1.06. The topological polar surface area (TPSA) is 117 Å². The maximum atomic E-state index is 13.1. The first-order valence-electron chi connectivity index (χ1n) is 13.1. The number of hydrogen-bond acceptors (Lipinski definition) is 7. The van der Waals surface area contributed by atoms with E-state index < -0.39 is 26.9 Å². The molecule has 1 atom stereocenters. The second-order valence-corrected chi connectivity index (χ2v) is 13.7. The lowest BCUT2D eigenvalue weighted by atomic mass is 9.88. The molecule has 0 bridgehead atoms. The van der Waals surface area contributed by atoms with Gasteiger partial charge in [0.15, 0.2) is 4.90 Å². The molecular formula is C26H39N5O4S2. The van der Waals surface area contributed by atoms with Gasteiger partial charge in [0.1, 0.15) is 11.4 Å². The molecule has 4 rings (SSSR count). The lowest BCUT2D eigenvalue weighted by molar-refractivity contribution is -0.125. The number of carbonyl (C=O) groups excluding carboxylic acids is 1. The number of amidine groups is 1. The van der Waals surface area contributed by atoms with Crippen LogP contribution in [-0.2, 0) is 26.2 Å². The maximum absolute atomic E-state index is 13.1. The van der Waals surface area contributed by atoms with Crippen molar-refractivity contribution in [2.45, 2.75) is 62.3 Å². The van der Waals surface area contributed by atoms with E-state index in [2.05, 4.69) is 10.0 Å². The van der Waals surface area contributed by atoms with Gasteiger partial charge in [-0.2, -0.15) is 4.31 Å². The Balaban J connectivity index is 1.36. The van der Waals surface area contributed by atoms with E-state index in [9.17, 15) is 17.8 Å². The van der Waals surface area contributed by atoms with Crippen LogP contribution in [0.15, 0.2) is 33.5 Å². The number of aliphatic imine (C=N–C) groups is 1. The van der Waals surface area contributed by atoms with Crippen LogP contribution in [0.2, 0.25) is 0 Å². The molecule has 2 N–H and O–H groups in total. The van der Waals surface area contributed by atoms with Crippen LogP contribution in [-0.4, -0.2) is 79.7 Å². The fourth-order valence-corrected chi connectivity index (χ4v) is 7.30. The predicted octanol–water partition coefficient (Wildman–Crippen LogP) is 2.41. The molecule has 9 nitrogen and oxygen atoms in total. The van der Waals surface area contributed by atoms with Gasteiger partial charge in [0.25, 0.3) is 5.91 Å². The van der Waals surface area contributed by atoms with Crippen molar-refractivity contribution in [3.8, 4) is 0 Å². The summed E-state index contributed by atoms with van der Waals surface area (Å²) in [5, 5.41) is 4.25. The Bertz CT molecular complexity index is 1140. The average Bonchev–Trinajstić information content (AvgIpc) is 3.19. The number of hydrogen-bond donors (Lipinski definition) is 2. The van der Waals surface area contributed by atoms with Crippen molar-refractivity contribution in [3.63, 3.8) is 0 Å². The van der Waals surface area contributed by atoms with Crippen LogP contribution in [0, 0.1) is 12.8 Å². The van der Waals surface area contributed by atoms with Crippen LogP contribution in [0.3, 0.4) is 0 Å². The zero-order valence-corrected chi connectivity index (χ0v) is 23.7. The second kappa shape index (κ2) is 12.0. The molecule has 1 unspecified atom stereocenters. The van der Waals surface area contributed by atoms with Crippen molar-refractivity contribution in [1.29, 1.82) is 0 Å². The van der Waals surface area contributed by atoms with Crippen molar-refractivity contribution in [2.24, 2.45) is 10.9 Å². The van der Waals surface area contributed by atoms with Crippen LogP contribution in [0.1, 0.15) is 56.1 Å². The molecule has 37 heavy (non-hydrogen) atoms. The zero-order valence-electron chi connectivity index (χ0n) is 22.0. The Morgan fingerprint density at radius 1 is 1.24 bits per heavy atom. The molecule has 2 heterocycles. The highest BCUT2D eigenvalue weighted by Gasteiger charge is 2.48. The van der Waals surface area contributed by atoms with E-state index in [1.807, 2.05) is 32.0 Å². The van der Waals surface area contributed by atoms with E-state index in [0.717, 1.165) is 36.3 Å². The Hall–Kier alpha value is -1.76. The van der Waals surface area contributed by atoms with Crippen LogP contribution in [0.5, 0.6) is 0 Å². The van der Waals surface area contributed by atoms with Crippen molar-refractivity contribution in [3.05, 3.63) is 34.7 Å². The van der Waals surface area contributed by atoms with Gasteiger partial charge in [0.2, 0.25) is 10.0 Å². The predicted molar refractivity (Wildman–Crippen MR) is 148 cm³/mol. The molecule has 204 valence electrons. The van der Waals surface area contributed by atoms with Crippen molar-refractivity contribution in [2.75, 3.05) is 40.3 Å². The lowest BCUT2D eigenvalue weighted by Crippen LogP contribution is -2.50. The van der Waals surface area contributed by atoms with Gasteiger partial charge >= 0.3 is 0 Å². The minimum atomic E-state index is -3.65. The monoisotopic (exact) mass is 549 g/mol. The first-order chi connectivity index (χ1) is 17.6. The highest BCUT2D eigenvalue weighted by molar-refractivity contribution is 7.92. The van der Waals surface area contributed by atoms with E-state index in [1.165, 1.54) is 29.0 Å². The molecule has 0 aromatic heterocycles. The van der Waals surface area contributed by atoms with Crippen LogP contribution < -0.4 is 10.0 Å². The first-order valence-corrected chi connectivity index (χ1v) is 15.7. The number of carbonyl (C=O) groups is 1. The number of amides is 1. The third-order valence-corrected chi connectivity index (χ3v) is 10.3. The molecule has 2 aliphatic heterocycles. The number of nitrogens with zero attached hydrogens (tertiary/aromatic N) is 3. The maximum Gasteiger partial charge on any atom is 0.253 e.